The van der Waals surface area contributed by atoms with Crippen LogP contribution in [0.1, 0.15) is 57.8 Å². The highest BCUT2D eigenvalue weighted by Gasteiger charge is 2.36. The first-order chi connectivity index (χ1) is 8.75. The molecule has 18 heavy (non-hydrogen) atoms. The first-order valence-corrected chi connectivity index (χ1v) is 7.95. The monoisotopic (exact) mass is 252 g/mol. The molecule has 0 radical (unpaired) electrons. The summed E-state index contributed by atoms with van der Waals surface area (Å²) in [5.74, 6) is 0. The van der Waals surface area contributed by atoms with E-state index < -0.39 is 0 Å². The lowest BCUT2D eigenvalue weighted by Gasteiger charge is -2.40. The molecule has 0 amide bonds. The molecule has 2 saturated carbocycles. The Morgan fingerprint density at radius 2 is 1.83 bits per heavy atom. The maximum Gasteiger partial charge on any atom is 0.0774 e. The number of likely N-dealkylation sites (tertiary alicyclic amines) is 1. The lowest BCUT2D eigenvalue weighted by molar-refractivity contribution is -0.0119. The van der Waals surface area contributed by atoms with Crippen LogP contribution in [-0.2, 0) is 0 Å². The molecule has 2 aliphatic carbocycles. The van der Waals surface area contributed by atoms with Crippen LogP contribution in [0.3, 0.4) is 0 Å². The molecule has 0 spiro atoms. The molecule has 1 unspecified atom stereocenters. The lowest BCUT2D eigenvalue weighted by atomic mass is 9.96. The molecular formula is C15H28N2O. The van der Waals surface area contributed by atoms with Crippen LogP contribution in [0.2, 0.25) is 0 Å². The van der Waals surface area contributed by atoms with Gasteiger partial charge < -0.3 is 10.4 Å². The summed E-state index contributed by atoms with van der Waals surface area (Å²) >= 11 is 0. The SMILES string of the molecule is OC1(CN2CCCCC2CNC2CC2)CCCC1. The van der Waals surface area contributed by atoms with Crippen molar-refractivity contribution < 1.29 is 5.11 Å². The second kappa shape index (κ2) is 5.48. The minimum absolute atomic E-state index is 0.366. The molecule has 1 heterocycles. The minimum atomic E-state index is -0.366. The fraction of sp³-hybridized carbons (Fsp3) is 1.00. The third-order valence-corrected chi connectivity index (χ3v) is 5.00. The van der Waals surface area contributed by atoms with Gasteiger partial charge in [-0.15, -0.1) is 0 Å². The third-order valence-electron chi connectivity index (χ3n) is 5.00. The number of nitrogens with one attached hydrogen (secondary N) is 1. The van der Waals surface area contributed by atoms with Gasteiger partial charge in [0.05, 0.1) is 5.60 Å². The summed E-state index contributed by atoms with van der Waals surface area (Å²) in [6, 6.07) is 1.48. The average molecular weight is 252 g/mol. The fourth-order valence-corrected chi connectivity index (χ4v) is 3.66. The first-order valence-electron chi connectivity index (χ1n) is 7.95. The zero-order chi connectivity index (χ0) is 12.4. The largest absolute Gasteiger partial charge is 0.389 e. The van der Waals surface area contributed by atoms with Crippen molar-refractivity contribution in [3.63, 3.8) is 0 Å². The second-order valence-corrected chi connectivity index (χ2v) is 6.73. The highest BCUT2D eigenvalue weighted by atomic mass is 16.3. The molecular weight excluding hydrogens is 224 g/mol. The summed E-state index contributed by atoms with van der Waals surface area (Å²) in [6.45, 7) is 3.25. The van der Waals surface area contributed by atoms with Crippen LogP contribution in [0.15, 0.2) is 0 Å². The molecule has 3 fully saturated rings. The summed E-state index contributed by atoms with van der Waals surface area (Å²) in [7, 11) is 0. The molecule has 0 aromatic heterocycles. The van der Waals surface area contributed by atoms with Gasteiger partial charge >= 0.3 is 0 Å². The molecule has 0 bridgehead atoms. The highest BCUT2D eigenvalue weighted by Crippen LogP contribution is 2.32. The Morgan fingerprint density at radius 3 is 2.56 bits per heavy atom. The number of nitrogens with zero attached hydrogens (tertiary/aromatic N) is 1. The van der Waals surface area contributed by atoms with E-state index in [4.69, 9.17) is 0 Å². The van der Waals surface area contributed by atoms with Crippen LogP contribution in [0.5, 0.6) is 0 Å². The number of β-amino-alcohol motifs (C(OH)–C–C–N with tert-alkyl or cyclic N) is 1. The van der Waals surface area contributed by atoms with E-state index in [1.807, 2.05) is 0 Å². The van der Waals surface area contributed by atoms with Gasteiger partial charge in [0.15, 0.2) is 0 Å². The van der Waals surface area contributed by atoms with Crippen molar-refractivity contribution >= 4 is 0 Å². The number of hydrogen-bond acceptors (Lipinski definition) is 3. The smallest absolute Gasteiger partial charge is 0.0774 e. The summed E-state index contributed by atoms with van der Waals surface area (Å²) in [4.78, 5) is 2.57. The van der Waals surface area contributed by atoms with E-state index in [1.54, 1.807) is 0 Å². The van der Waals surface area contributed by atoms with Gasteiger partial charge in [-0.25, -0.2) is 0 Å². The molecule has 3 rings (SSSR count). The van der Waals surface area contributed by atoms with E-state index in [2.05, 4.69) is 10.2 Å². The Kier molecular flexibility index (Phi) is 3.92. The van der Waals surface area contributed by atoms with Crippen molar-refractivity contribution in [3.05, 3.63) is 0 Å². The highest BCUT2D eigenvalue weighted by molar-refractivity contribution is 4.92. The van der Waals surface area contributed by atoms with Crippen molar-refractivity contribution in [2.45, 2.75) is 75.5 Å². The Bertz CT molecular complexity index is 272. The summed E-state index contributed by atoms with van der Waals surface area (Å²) in [5, 5.41) is 14.3. The van der Waals surface area contributed by atoms with E-state index in [1.165, 1.54) is 51.5 Å². The number of hydrogen-bond donors (Lipinski definition) is 2. The maximum atomic E-state index is 10.6. The van der Waals surface area contributed by atoms with Crippen LogP contribution >= 0.6 is 0 Å². The van der Waals surface area contributed by atoms with Crippen LogP contribution < -0.4 is 5.32 Å². The minimum Gasteiger partial charge on any atom is -0.389 e. The van der Waals surface area contributed by atoms with Crippen molar-refractivity contribution in [2.75, 3.05) is 19.6 Å². The van der Waals surface area contributed by atoms with Gasteiger partial charge in [0.1, 0.15) is 0 Å². The Balaban J connectivity index is 1.52. The van der Waals surface area contributed by atoms with Crippen molar-refractivity contribution in [1.82, 2.24) is 10.2 Å². The zero-order valence-electron chi connectivity index (χ0n) is 11.5. The molecule has 3 heteroatoms. The number of aliphatic hydroxyl groups is 1. The lowest BCUT2D eigenvalue weighted by Crippen LogP contribution is -2.51. The number of rotatable bonds is 5. The third kappa shape index (κ3) is 3.25. The summed E-state index contributed by atoms with van der Waals surface area (Å²) in [6.07, 6.45) is 11.2. The second-order valence-electron chi connectivity index (χ2n) is 6.73. The zero-order valence-corrected chi connectivity index (χ0v) is 11.5. The van der Waals surface area contributed by atoms with Crippen molar-refractivity contribution in [1.29, 1.82) is 0 Å². The number of piperidine rings is 1. The standard InChI is InChI=1S/C15H28N2O/c18-15(8-2-3-9-15)12-17-10-4-1-5-14(17)11-16-13-6-7-13/h13-14,16,18H,1-12H2. The molecule has 0 aromatic carbocycles. The molecule has 2 N–H and O–H groups in total. The van der Waals surface area contributed by atoms with Gasteiger partial charge in [-0.1, -0.05) is 19.3 Å². The van der Waals surface area contributed by atoms with Gasteiger partial charge in [-0.05, 0) is 45.1 Å². The van der Waals surface area contributed by atoms with E-state index >= 15 is 0 Å². The fourth-order valence-electron chi connectivity index (χ4n) is 3.66. The van der Waals surface area contributed by atoms with Gasteiger partial charge in [0.25, 0.3) is 0 Å². The van der Waals surface area contributed by atoms with Crippen LogP contribution in [0.4, 0.5) is 0 Å². The Labute approximate surface area is 111 Å². The topological polar surface area (TPSA) is 35.5 Å². The molecule has 3 aliphatic rings. The molecule has 104 valence electrons. The van der Waals surface area contributed by atoms with Crippen LogP contribution in [0, 0.1) is 0 Å². The van der Waals surface area contributed by atoms with E-state index in [-0.39, 0.29) is 5.60 Å². The van der Waals surface area contributed by atoms with Crippen molar-refractivity contribution in [3.8, 4) is 0 Å². The predicted molar refractivity (Wildman–Crippen MR) is 73.7 cm³/mol. The Morgan fingerprint density at radius 1 is 1.06 bits per heavy atom. The molecule has 1 saturated heterocycles. The van der Waals surface area contributed by atoms with Gasteiger partial charge in [-0.2, -0.15) is 0 Å². The first kappa shape index (κ1) is 12.9. The van der Waals surface area contributed by atoms with Crippen molar-refractivity contribution in [2.24, 2.45) is 0 Å². The molecule has 1 aliphatic heterocycles. The van der Waals surface area contributed by atoms with Gasteiger partial charge in [0.2, 0.25) is 0 Å². The summed E-state index contributed by atoms with van der Waals surface area (Å²) in [5.41, 5.74) is -0.366. The average Bonchev–Trinajstić information content (AvgIpc) is 3.10. The van der Waals surface area contributed by atoms with Gasteiger partial charge in [-0.3, -0.25) is 4.90 Å². The quantitative estimate of drug-likeness (QED) is 0.784. The molecule has 1 atom stereocenters. The van der Waals surface area contributed by atoms with E-state index in [0.29, 0.717) is 6.04 Å². The van der Waals surface area contributed by atoms with Gasteiger partial charge in [0, 0.05) is 25.2 Å². The summed E-state index contributed by atoms with van der Waals surface area (Å²) < 4.78 is 0. The van der Waals surface area contributed by atoms with E-state index in [9.17, 15) is 5.11 Å². The van der Waals surface area contributed by atoms with Crippen LogP contribution in [0.25, 0.3) is 0 Å². The van der Waals surface area contributed by atoms with Crippen LogP contribution in [-0.4, -0.2) is 47.3 Å². The van der Waals surface area contributed by atoms with E-state index in [0.717, 1.165) is 32.0 Å². The predicted octanol–water partition coefficient (Wildman–Crippen LogP) is 1.90. The Hall–Kier alpha value is -0.120. The maximum absolute atomic E-state index is 10.6. The molecule has 3 nitrogen and oxygen atoms in total. The molecule has 0 aromatic rings. The normalized spacial score (nSPS) is 32.8.